The average molecular weight is 366 g/mol. The lowest BCUT2D eigenvalue weighted by Gasteiger charge is -2.22. The second-order valence-corrected chi connectivity index (χ2v) is 5.20. The van der Waals surface area contributed by atoms with Gasteiger partial charge < -0.3 is 20.5 Å². The molecule has 0 fully saturated rings. The fourth-order valence-electron chi connectivity index (χ4n) is 1.93. The van der Waals surface area contributed by atoms with Crippen LogP contribution in [0.3, 0.4) is 0 Å². The predicted molar refractivity (Wildman–Crippen MR) is 82.6 cm³/mol. The summed E-state index contributed by atoms with van der Waals surface area (Å²) in [5, 5.41) is 2.90. The number of carbonyl (C=O) groups excluding carboxylic acids is 1. The molecule has 112 valence electrons. The van der Waals surface area contributed by atoms with E-state index in [1.807, 2.05) is 19.1 Å². The molecule has 3 N–H and O–H groups in total. The summed E-state index contributed by atoms with van der Waals surface area (Å²) >= 11 is 3.49. The Morgan fingerprint density at radius 1 is 1.40 bits per heavy atom. The summed E-state index contributed by atoms with van der Waals surface area (Å²) in [6.45, 7) is 3.37. The summed E-state index contributed by atoms with van der Waals surface area (Å²) in [6, 6.07) is 3.64. The third-order valence-electron chi connectivity index (χ3n) is 2.88. The number of benzene rings is 1. The zero-order valence-electron chi connectivity index (χ0n) is 11.1. The molecule has 1 atom stereocenters. The minimum Gasteiger partial charge on any atom is -0.486 e. The van der Waals surface area contributed by atoms with Crippen LogP contribution in [0.15, 0.2) is 16.6 Å². The Kier molecular flexibility index (Phi) is 6.58. The number of nitrogens with two attached hydrogens (primary N) is 1. The van der Waals surface area contributed by atoms with E-state index in [1.54, 1.807) is 0 Å². The van der Waals surface area contributed by atoms with Crippen molar-refractivity contribution in [2.24, 2.45) is 5.73 Å². The minimum absolute atomic E-state index is 0. The van der Waals surface area contributed by atoms with Gasteiger partial charge in [0.1, 0.15) is 13.2 Å². The van der Waals surface area contributed by atoms with Crippen LogP contribution in [0.5, 0.6) is 11.5 Å². The summed E-state index contributed by atoms with van der Waals surface area (Å²) in [5.74, 6) is 1.38. The highest BCUT2D eigenvalue weighted by molar-refractivity contribution is 9.10. The van der Waals surface area contributed by atoms with E-state index in [9.17, 15) is 4.79 Å². The van der Waals surface area contributed by atoms with Crippen LogP contribution in [0.4, 0.5) is 0 Å². The molecule has 1 aliphatic rings. The Bertz CT molecular complexity index is 485. The van der Waals surface area contributed by atoms with Crippen molar-refractivity contribution in [2.45, 2.75) is 19.4 Å². The molecule has 1 unspecified atom stereocenters. The highest BCUT2D eigenvalue weighted by atomic mass is 79.9. The number of halogens is 2. The van der Waals surface area contributed by atoms with Gasteiger partial charge in [-0.25, -0.2) is 0 Å². The van der Waals surface area contributed by atoms with Crippen molar-refractivity contribution in [1.29, 1.82) is 0 Å². The number of carbonyl (C=O) groups is 1. The molecule has 0 bridgehead atoms. The van der Waals surface area contributed by atoms with E-state index < -0.39 is 0 Å². The van der Waals surface area contributed by atoms with Crippen molar-refractivity contribution in [3.05, 3.63) is 22.2 Å². The fraction of sp³-hybridized carbons (Fsp3) is 0.462. The van der Waals surface area contributed by atoms with Crippen molar-refractivity contribution < 1.29 is 14.3 Å². The number of rotatable bonds is 4. The molecule has 2 rings (SSSR count). The average Bonchev–Trinajstić information content (AvgIpc) is 2.38. The van der Waals surface area contributed by atoms with Crippen LogP contribution >= 0.6 is 28.3 Å². The monoisotopic (exact) mass is 364 g/mol. The quantitative estimate of drug-likeness (QED) is 0.857. The molecule has 0 aromatic heterocycles. The van der Waals surface area contributed by atoms with Gasteiger partial charge in [-0.2, -0.15) is 0 Å². The normalized spacial score (nSPS) is 14.2. The largest absolute Gasteiger partial charge is 0.486 e. The predicted octanol–water partition coefficient (Wildman–Crippen LogP) is 2.17. The molecule has 1 amide bonds. The van der Waals surface area contributed by atoms with Crippen LogP contribution in [-0.4, -0.2) is 25.7 Å². The van der Waals surface area contributed by atoms with Crippen LogP contribution < -0.4 is 20.5 Å². The van der Waals surface area contributed by atoms with Crippen LogP contribution in [-0.2, 0) is 4.79 Å². The number of fused-ring (bicyclic) bond motifs is 1. The van der Waals surface area contributed by atoms with Gasteiger partial charge in [-0.1, -0.05) is 15.9 Å². The van der Waals surface area contributed by atoms with E-state index in [0.717, 1.165) is 15.8 Å². The lowest BCUT2D eigenvalue weighted by Crippen LogP contribution is -2.28. The lowest BCUT2D eigenvalue weighted by molar-refractivity contribution is -0.121. The van der Waals surface area contributed by atoms with E-state index in [2.05, 4.69) is 21.2 Å². The van der Waals surface area contributed by atoms with Gasteiger partial charge in [-0.3, -0.25) is 4.79 Å². The second-order valence-electron chi connectivity index (χ2n) is 4.35. The van der Waals surface area contributed by atoms with Crippen LogP contribution in [0.1, 0.15) is 24.9 Å². The van der Waals surface area contributed by atoms with Gasteiger partial charge in [0.15, 0.2) is 11.5 Å². The van der Waals surface area contributed by atoms with Gasteiger partial charge in [-0.05, 0) is 24.6 Å². The van der Waals surface area contributed by atoms with Crippen molar-refractivity contribution in [1.82, 2.24) is 5.32 Å². The maximum Gasteiger partial charge on any atom is 0.221 e. The molecule has 1 aliphatic heterocycles. The van der Waals surface area contributed by atoms with Gasteiger partial charge >= 0.3 is 0 Å². The van der Waals surface area contributed by atoms with Crippen LogP contribution in [0, 0.1) is 0 Å². The van der Waals surface area contributed by atoms with E-state index in [1.165, 1.54) is 0 Å². The van der Waals surface area contributed by atoms with Crippen molar-refractivity contribution in [2.75, 3.05) is 19.8 Å². The van der Waals surface area contributed by atoms with Gasteiger partial charge in [0.2, 0.25) is 5.91 Å². The molecular weight excluding hydrogens is 348 g/mol. The van der Waals surface area contributed by atoms with E-state index in [0.29, 0.717) is 31.9 Å². The Hall–Kier alpha value is -0.980. The zero-order chi connectivity index (χ0) is 13.8. The molecule has 0 saturated carbocycles. The molecule has 0 saturated heterocycles. The molecule has 0 aliphatic carbocycles. The fourth-order valence-corrected chi connectivity index (χ4v) is 2.60. The second kappa shape index (κ2) is 7.71. The van der Waals surface area contributed by atoms with Gasteiger partial charge in [0.05, 0.1) is 6.04 Å². The first-order valence-electron chi connectivity index (χ1n) is 6.20. The van der Waals surface area contributed by atoms with Crippen molar-refractivity contribution >= 4 is 34.2 Å². The number of amides is 1. The number of nitrogens with one attached hydrogen (secondary N) is 1. The first-order valence-corrected chi connectivity index (χ1v) is 6.99. The van der Waals surface area contributed by atoms with Gasteiger partial charge in [0, 0.05) is 17.4 Å². The molecule has 1 heterocycles. The number of ether oxygens (including phenoxy) is 2. The highest BCUT2D eigenvalue weighted by Gasteiger charge is 2.18. The van der Waals surface area contributed by atoms with E-state index >= 15 is 0 Å². The maximum absolute atomic E-state index is 11.6. The standard InChI is InChI=1S/C13H17BrN2O3.ClH/c1-8(16-13(17)2-3-15)9-6-11-12(7-10(9)14)19-5-4-18-11;/h6-8H,2-5,15H2,1H3,(H,16,17);1H. The Labute approximate surface area is 132 Å². The number of hydrogen-bond donors (Lipinski definition) is 2. The Morgan fingerprint density at radius 3 is 2.60 bits per heavy atom. The Morgan fingerprint density at radius 2 is 2.00 bits per heavy atom. The summed E-state index contributed by atoms with van der Waals surface area (Å²) in [7, 11) is 0. The van der Waals surface area contributed by atoms with Crippen molar-refractivity contribution in [3.8, 4) is 11.5 Å². The molecule has 0 radical (unpaired) electrons. The molecule has 1 aromatic carbocycles. The zero-order valence-corrected chi connectivity index (χ0v) is 13.6. The molecule has 7 heteroatoms. The summed E-state index contributed by atoms with van der Waals surface area (Å²) in [6.07, 6.45) is 0.326. The first-order chi connectivity index (χ1) is 9.11. The molecule has 0 spiro atoms. The summed E-state index contributed by atoms with van der Waals surface area (Å²) in [4.78, 5) is 11.6. The lowest BCUT2D eigenvalue weighted by atomic mass is 10.1. The van der Waals surface area contributed by atoms with Crippen LogP contribution in [0.25, 0.3) is 0 Å². The van der Waals surface area contributed by atoms with Crippen LogP contribution in [0.2, 0.25) is 0 Å². The maximum atomic E-state index is 11.6. The number of hydrogen-bond acceptors (Lipinski definition) is 4. The highest BCUT2D eigenvalue weighted by Crippen LogP contribution is 2.37. The Balaban J connectivity index is 0.00000200. The topological polar surface area (TPSA) is 73.6 Å². The van der Waals surface area contributed by atoms with Crippen molar-refractivity contribution in [3.63, 3.8) is 0 Å². The SMILES string of the molecule is CC(NC(=O)CCN)c1cc2c(cc1Br)OCCO2.Cl. The minimum atomic E-state index is -0.121. The van der Waals surface area contributed by atoms with E-state index in [-0.39, 0.29) is 24.4 Å². The van der Waals surface area contributed by atoms with Gasteiger partial charge in [-0.15, -0.1) is 12.4 Å². The third-order valence-corrected chi connectivity index (χ3v) is 3.56. The summed E-state index contributed by atoms with van der Waals surface area (Å²) < 4.78 is 11.9. The molecular formula is C13H18BrClN2O3. The van der Waals surface area contributed by atoms with Gasteiger partial charge in [0.25, 0.3) is 0 Å². The molecule has 20 heavy (non-hydrogen) atoms. The van der Waals surface area contributed by atoms with E-state index in [4.69, 9.17) is 15.2 Å². The molecule has 1 aromatic rings. The first kappa shape index (κ1) is 17.1. The molecule has 5 nitrogen and oxygen atoms in total. The third kappa shape index (κ3) is 4.01. The summed E-state index contributed by atoms with van der Waals surface area (Å²) in [5.41, 5.74) is 6.31. The smallest absolute Gasteiger partial charge is 0.221 e.